The number of aliphatic hydroxyl groups is 1. The zero-order chi connectivity index (χ0) is 12.3. The van der Waals surface area contributed by atoms with Crippen molar-refractivity contribution in [2.45, 2.75) is 32.5 Å². The normalized spacial score (nSPS) is 20.8. The average molecular weight is 236 g/mol. The highest BCUT2D eigenvalue weighted by Gasteiger charge is 2.26. The zero-order valence-corrected chi connectivity index (χ0v) is 10.4. The van der Waals surface area contributed by atoms with Crippen LogP contribution in [0, 0.1) is 5.92 Å². The molecular weight excluding hydrogens is 216 g/mol. The van der Waals surface area contributed by atoms with Gasteiger partial charge in [0.2, 0.25) is 0 Å². The molecule has 1 aliphatic rings. The molecule has 0 aliphatic carbocycles. The highest BCUT2D eigenvalue weighted by molar-refractivity contribution is 5.35. The van der Waals surface area contributed by atoms with Crippen molar-refractivity contribution in [3.63, 3.8) is 0 Å². The second kappa shape index (κ2) is 5.52. The highest BCUT2D eigenvalue weighted by Crippen LogP contribution is 2.28. The van der Waals surface area contributed by atoms with Gasteiger partial charge in [-0.15, -0.1) is 0 Å². The number of benzene rings is 1. The number of ether oxygens (including phenoxy) is 2. The summed E-state index contributed by atoms with van der Waals surface area (Å²) in [4.78, 5) is 0. The zero-order valence-electron chi connectivity index (χ0n) is 10.4. The van der Waals surface area contributed by atoms with Gasteiger partial charge in [0.1, 0.15) is 5.75 Å². The first-order valence-electron chi connectivity index (χ1n) is 6.17. The molecule has 1 aliphatic heterocycles. The van der Waals surface area contributed by atoms with Crippen molar-refractivity contribution >= 4 is 0 Å². The number of hydrogen-bond acceptors (Lipinski definition) is 3. The number of fused-ring (bicyclic) bond motifs is 1. The van der Waals surface area contributed by atoms with E-state index in [4.69, 9.17) is 9.47 Å². The summed E-state index contributed by atoms with van der Waals surface area (Å²) in [7, 11) is 0. The van der Waals surface area contributed by atoms with Crippen LogP contribution in [0.25, 0.3) is 0 Å². The van der Waals surface area contributed by atoms with Crippen LogP contribution in [0.2, 0.25) is 0 Å². The van der Waals surface area contributed by atoms with Crippen molar-refractivity contribution in [1.29, 1.82) is 0 Å². The van der Waals surface area contributed by atoms with E-state index in [-0.39, 0.29) is 12.0 Å². The van der Waals surface area contributed by atoms with Gasteiger partial charge in [-0.1, -0.05) is 18.2 Å². The summed E-state index contributed by atoms with van der Waals surface area (Å²) >= 11 is 0. The fourth-order valence-corrected chi connectivity index (χ4v) is 2.03. The number of rotatable bonds is 4. The van der Waals surface area contributed by atoms with Crippen LogP contribution in [0.4, 0.5) is 0 Å². The molecule has 1 aromatic rings. The smallest absolute Gasteiger partial charge is 0.122 e. The molecule has 0 bridgehead atoms. The summed E-state index contributed by atoms with van der Waals surface area (Å²) in [6.45, 7) is 4.90. The van der Waals surface area contributed by atoms with Gasteiger partial charge < -0.3 is 14.6 Å². The minimum atomic E-state index is -0.453. The third-order valence-electron chi connectivity index (χ3n) is 3.05. The monoisotopic (exact) mass is 236 g/mol. The first-order valence-corrected chi connectivity index (χ1v) is 6.17. The summed E-state index contributed by atoms with van der Waals surface area (Å²) in [6.07, 6.45) is 0.561. The van der Waals surface area contributed by atoms with Crippen LogP contribution in [-0.4, -0.2) is 30.5 Å². The largest absolute Gasteiger partial charge is 0.493 e. The molecule has 0 aromatic heterocycles. The maximum absolute atomic E-state index is 10.0. The number of aliphatic hydroxyl groups excluding tert-OH is 1. The first-order chi connectivity index (χ1) is 8.16. The molecule has 3 heteroatoms. The minimum Gasteiger partial charge on any atom is -0.493 e. The van der Waals surface area contributed by atoms with Gasteiger partial charge in [-0.25, -0.2) is 0 Å². The molecular formula is C14H20O3. The Balaban J connectivity index is 1.93. The Morgan fingerprint density at radius 1 is 1.41 bits per heavy atom. The summed E-state index contributed by atoms with van der Waals surface area (Å²) < 4.78 is 11.1. The highest BCUT2D eigenvalue weighted by atomic mass is 16.5. The van der Waals surface area contributed by atoms with Crippen molar-refractivity contribution in [3.8, 4) is 5.75 Å². The van der Waals surface area contributed by atoms with Crippen molar-refractivity contribution in [2.24, 2.45) is 5.92 Å². The van der Waals surface area contributed by atoms with Gasteiger partial charge in [0, 0.05) is 5.92 Å². The molecule has 1 aromatic carbocycles. The van der Waals surface area contributed by atoms with Gasteiger partial charge in [0.15, 0.2) is 0 Å². The maximum atomic E-state index is 10.0. The Labute approximate surface area is 102 Å². The van der Waals surface area contributed by atoms with Crippen LogP contribution < -0.4 is 4.74 Å². The van der Waals surface area contributed by atoms with Crippen LogP contribution in [-0.2, 0) is 11.2 Å². The number of hydrogen-bond donors (Lipinski definition) is 1. The van der Waals surface area contributed by atoms with E-state index < -0.39 is 6.10 Å². The summed E-state index contributed by atoms with van der Waals surface area (Å²) in [5, 5.41) is 10.0. The quantitative estimate of drug-likeness (QED) is 0.869. The molecule has 2 atom stereocenters. The lowest BCUT2D eigenvalue weighted by molar-refractivity contribution is -0.0314. The van der Waals surface area contributed by atoms with Gasteiger partial charge in [-0.3, -0.25) is 0 Å². The van der Waals surface area contributed by atoms with Crippen molar-refractivity contribution < 1.29 is 14.6 Å². The molecule has 1 heterocycles. The first kappa shape index (κ1) is 12.4. The lowest BCUT2D eigenvalue weighted by Gasteiger charge is -2.29. The molecule has 2 unspecified atom stereocenters. The van der Waals surface area contributed by atoms with Crippen molar-refractivity contribution in [1.82, 2.24) is 0 Å². The summed E-state index contributed by atoms with van der Waals surface area (Å²) in [5.41, 5.74) is 1.17. The van der Waals surface area contributed by atoms with E-state index in [0.29, 0.717) is 13.2 Å². The molecule has 2 rings (SSSR count). The van der Waals surface area contributed by atoms with Crippen LogP contribution in [0.5, 0.6) is 5.75 Å². The second-order valence-electron chi connectivity index (χ2n) is 4.83. The summed E-state index contributed by atoms with van der Waals surface area (Å²) in [6, 6.07) is 8.00. The third-order valence-corrected chi connectivity index (χ3v) is 3.05. The fourth-order valence-electron chi connectivity index (χ4n) is 2.03. The lowest BCUT2D eigenvalue weighted by Crippen LogP contribution is -2.35. The second-order valence-corrected chi connectivity index (χ2v) is 4.83. The van der Waals surface area contributed by atoms with Crippen LogP contribution >= 0.6 is 0 Å². The maximum Gasteiger partial charge on any atom is 0.122 e. The molecule has 0 amide bonds. The molecule has 0 radical (unpaired) electrons. The van der Waals surface area contributed by atoms with Crippen LogP contribution in [0.1, 0.15) is 19.4 Å². The minimum absolute atomic E-state index is 0.128. The van der Waals surface area contributed by atoms with Gasteiger partial charge in [-0.2, -0.15) is 0 Å². The lowest BCUT2D eigenvalue weighted by atomic mass is 9.92. The predicted molar refractivity (Wildman–Crippen MR) is 66.2 cm³/mol. The topological polar surface area (TPSA) is 38.7 Å². The van der Waals surface area contributed by atoms with E-state index in [2.05, 4.69) is 6.07 Å². The Bertz CT molecular complexity index is 362. The van der Waals surface area contributed by atoms with Crippen molar-refractivity contribution in [2.75, 3.05) is 13.2 Å². The van der Waals surface area contributed by atoms with Gasteiger partial charge in [0.05, 0.1) is 25.4 Å². The third kappa shape index (κ3) is 3.20. The molecule has 0 saturated heterocycles. The van der Waals surface area contributed by atoms with Crippen LogP contribution in [0.15, 0.2) is 24.3 Å². The molecule has 0 saturated carbocycles. The van der Waals surface area contributed by atoms with Crippen molar-refractivity contribution in [3.05, 3.63) is 29.8 Å². The number of para-hydroxylation sites is 1. The standard InChI is InChI=1S/C14H20O3/c1-10(2)16-9-13(15)12-7-11-5-3-4-6-14(11)17-8-12/h3-6,10,12-13,15H,7-9H2,1-2H3. The Morgan fingerprint density at radius 3 is 2.94 bits per heavy atom. The molecule has 1 N–H and O–H groups in total. The van der Waals surface area contributed by atoms with E-state index in [0.717, 1.165) is 12.2 Å². The van der Waals surface area contributed by atoms with E-state index in [1.165, 1.54) is 5.56 Å². The predicted octanol–water partition coefficient (Wildman–Crippen LogP) is 2.02. The fraction of sp³-hybridized carbons (Fsp3) is 0.571. The van der Waals surface area contributed by atoms with Gasteiger partial charge in [-0.05, 0) is 31.9 Å². The van der Waals surface area contributed by atoms with E-state index in [9.17, 15) is 5.11 Å². The SMILES string of the molecule is CC(C)OCC(O)C1COc2ccccc2C1. The Morgan fingerprint density at radius 2 is 2.18 bits per heavy atom. The molecule has 94 valence electrons. The Kier molecular flexibility index (Phi) is 4.02. The van der Waals surface area contributed by atoms with Crippen LogP contribution in [0.3, 0.4) is 0 Å². The van der Waals surface area contributed by atoms with E-state index >= 15 is 0 Å². The molecule has 3 nitrogen and oxygen atoms in total. The molecule has 0 spiro atoms. The van der Waals surface area contributed by atoms with E-state index in [1.807, 2.05) is 32.0 Å². The van der Waals surface area contributed by atoms with Gasteiger partial charge in [0.25, 0.3) is 0 Å². The Hall–Kier alpha value is -1.06. The molecule has 17 heavy (non-hydrogen) atoms. The molecule has 0 fully saturated rings. The van der Waals surface area contributed by atoms with E-state index in [1.54, 1.807) is 0 Å². The van der Waals surface area contributed by atoms with Gasteiger partial charge >= 0.3 is 0 Å². The average Bonchev–Trinajstić information content (AvgIpc) is 2.35. The summed E-state index contributed by atoms with van der Waals surface area (Å²) in [5.74, 6) is 1.07.